The van der Waals surface area contributed by atoms with Crippen LogP contribution in [0.4, 0.5) is 0 Å². The van der Waals surface area contributed by atoms with Crippen LogP contribution in [0.15, 0.2) is 65.2 Å². The molecular formula is C22H21NO5. The van der Waals surface area contributed by atoms with Gasteiger partial charge in [0.05, 0.1) is 11.7 Å². The first-order chi connectivity index (χ1) is 13.8. The van der Waals surface area contributed by atoms with Gasteiger partial charge in [0.25, 0.3) is 0 Å². The van der Waals surface area contributed by atoms with E-state index in [4.69, 9.17) is 18.7 Å². The third-order valence-corrected chi connectivity index (χ3v) is 4.52. The molecule has 0 aliphatic carbocycles. The van der Waals surface area contributed by atoms with Gasteiger partial charge in [-0.3, -0.25) is 0 Å². The molecular weight excluding hydrogens is 358 g/mol. The average molecular weight is 379 g/mol. The summed E-state index contributed by atoms with van der Waals surface area (Å²) in [4.78, 5) is 12.2. The molecule has 1 atom stereocenters. The normalized spacial score (nSPS) is 16.1. The van der Waals surface area contributed by atoms with Crippen molar-refractivity contribution < 1.29 is 23.5 Å². The smallest absolute Gasteiger partial charge is 0.338 e. The van der Waals surface area contributed by atoms with Crippen LogP contribution in [0.3, 0.4) is 0 Å². The Morgan fingerprint density at radius 3 is 2.68 bits per heavy atom. The first kappa shape index (κ1) is 18.3. The van der Waals surface area contributed by atoms with E-state index < -0.39 is 5.97 Å². The summed E-state index contributed by atoms with van der Waals surface area (Å²) in [6, 6.07) is 18.3. The van der Waals surface area contributed by atoms with Gasteiger partial charge in [-0.15, -0.1) is 0 Å². The van der Waals surface area contributed by atoms with Gasteiger partial charge in [-0.1, -0.05) is 35.5 Å². The zero-order chi connectivity index (χ0) is 19.2. The Balaban J connectivity index is 1.28. The highest BCUT2D eigenvalue weighted by Gasteiger charge is 2.16. The first-order valence-electron chi connectivity index (χ1n) is 9.30. The van der Waals surface area contributed by atoms with Gasteiger partial charge in [-0.25, -0.2) is 4.79 Å². The quantitative estimate of drug-likeness (QED) is 0.572. The van der Waals surface area contributed by atoms with E-state index in [-0.39, 0.29) is 12.7 Å². The second kappa shape index (κ2) is 8.71. The van der Waals surface area contributed by atoms with Crippen molar-refractivity contribution in [3.63, 3.8) is 0 Å². The molecule has 2 heterocycles. The van der Waals surface area contributed by atoms with Crippen LogP contribution in [0.2, 0.25) is 0 Å². The van der Waals surface area contributed by atoms with Crippen LogP contribution in [-0.4, -0.2) is 30.4 Å². The Kier molecular flexibility index (Phi) is 5.68. The number of hydrogen-bond acceptors (Lipinski definition) is 6. The predicted octanol–water partition coefficient (Wildman–Crippen LogP) is 4.26. The standard InChI is InChI=1S/C22H21NO5/c24-22(17-8-10-18(11-9-17)26-14-19-7-4-12-25-19)27-15-20-13-21(23-28-20)16-5-2-1-3-6-16/h1-3,5-6,8-11,13,19H,4,7,12,14-15H2/t19-/m0/s1. The second-order valence-electron chi connectivity index (χ2n) is 6.59. The molecule has 1 saturated heterocycles. The molecule has 0 unspecified atom stereocenters. The van der Waals surface area contributed by atoms with Crippen molar-refractivity contribution in [2.75, 3.05) is 13.2 Å². The van der Waals surface area contributed by atoms with Crippen molar-refractivity contribution >= 4 is 5.97 Å². The van der Waals surface area contributed by atoms with Gasteiger partial charge in [0.1, 0.15) is 18.1 Å². The van der Waals surface area contributed by atoms with Gasteiger partial charge < -0.3 is 18.7 Å². The number of benzene rings is 2. The minimum Gasteiger partial charge on any atom is -0.491 e. The van der Waals surface area contributed by atoms with E-state index in [1.165, 1.54) is 0 Å². The molecule has 3 aromatic rings. The van der Waals surface area contributed by atoms with E-state index in [0.717, 1.165) is 25.0 Å². The van der Waals surface area contributed by atoms with E-state index in [1.807, 2.05) is 30.3 Å². The van der Waals surface area contributed by atoms with Crippen molar-refractivity contribution in [3.05, 3.63) is 72.0 Å². The molecule has 0 radical (unpaired) electrons. The molecule has 0 amide bonds. The molecule has 1 aromatic heterocycles. The van der Waals surface area contributed by atoms with Crippen LogP contribution in [-0.2, 0) is 16.1 Å². The molecule has 1 fully saturated rings. The highest BCUT2D eigenvalue weighted by molar-refractivity contribution is 5.89. The maximum Gasteiger partial charge on any atom is 0.338 e. The Hall–Kier alpha value is -3.12. The number of esters is 1. The fraction of sp³-hybridized carbons (Fsp3) is 0.273. The van der Waals surface area contributed by atoms with Crippen LogP contribution in [0.25, 0.3) is 11.3 Å². The minimum absolute atomic E-state index is 0.0237. The van der Waals surface area contributed by atoms with E-state index in [0.29, 0.717) is 29.4 Å². The molecule has 28 heavy (non-hydrogen) atoms. The zero-order valence-electron chi connectivity index (χ0n) is 15.4. The van der Waals surface area contributed by atoms with E-state index in [9.17, 15) is 4.79 Å². The second-order valence-corrected chi connectivity index (χ2v) is 6.59. The molecule has 6 heteroatoms. The summed E-state index contributed by atoms with van der Waals surface area (Å²) in [5, 5.41) is 4.01. The number of rotatable bonds is 7. The summed E-state index contributed by atoms with van der Waals surface area (Å²) in [5.41, 5.74) is 2.11. The van der Waals surface area contributed by atoms with Gasteiger partial charge >= 0.3 is 5.97 Å². The number of carbonyl (C=O) groups is 1. The lowest BCUT2D eigenvalue weighted by Gasteiger charge is -2.11. The molecule has 0 saturated carbocycles. The fourth-order valence-electron chi connectivity index (χ4n) is 3.00. The topological polar surface area (TPSA) is 70.8 Å². The molecule has 4 rings (SSSR count). The van der Waals surface area contributed by atoms with Gasteiger partial charge in [0, 0.05) is 18.2 Å². The van der Waals surface area contributed by atoms with E-state index in [2.05, 4.69) is 5.16 Å². The summed E-state index contributed by atoms with van der Waals surface area (Å²) >= 11 is 0. The lowest BCUT2D eigenvalue weighted by atomic mass is 10.1. The van der Waals surface area contributed by atoms with Gasteiger partial charge in [0.2, 0.25) is 0 Å². The van der Waals surface area contributed by atoms with Crippen LogP contribution >= 0.6 is 0 Å². The van der Waals surface area contributed by atoms with Gasteiger partial charge in [0.15, 0.2) is 12.4 Å². The summed E-state index contributed by atoms with van der Waals surface area (Å²) in [7, 11) is 0. The Bertz CT molecular complexity index is 898. The monoisotopic (exact) mass is 379 g/mol. The molecule has 2 aromatic carbocycles. The molecule has 0 spiro atoms. The van der Waals surface area contributed by atoms with Crippen LogP contribution in [0.1, 0.15) is 29.0 Å². The van der Waals surface area contributed by atoms with Gasteiger partial charge in [-0.05, 0) is 37.1 Å². The van der Waals surface area contributed by atoms with E-state index >= 15 is 0 Å². The summed E-state index contributed by atoms with van der Waals surface area (Å²) in [6.07, 6.45) is 2.27. The Morgan fingerprint density at radius 2 is 1.93 bits per heavy atom. The van der Waals surface area contributed by atoms with Crippen LogP contribution in [0.5, 0.6) is 5.75 Å². The van der Waals surface area contributed by atoms with Crippen molar-refractivity contribution in [3.8, 4) is 17.0 Å². The third kappa shape index (κ3) is 4.58. The molecule has 0 bridgehead atoms. The van der Waals surface area contributed by atoms with Crippen molar-refractivity contribution in [1.29, 1.82) is 0 Å². The Morgan fingerprint density at radius 1 is 1.11 bits per heavy atom. The first-order valence-corrected chi connectivity index (χ1v) is 9.30. The molecule has 0 N–H and O–H groups in total. The average Bonchev–Trinajstić information content (AvgIpc) is 3.44. The van der Waals surface area contributed by atoms with Crippen molar-refractivity contribution in [1.82, 2.24) is 5.16 Å². The number of hydrogen-bond donors (Lipinski definition) is 0. The van der Waals surface area contributed by atoms with E-state index in [1.54, 1.807) is 30.3 Å². The highest BCUT2D eigenvalue weighted by Crippen LogP contribution is 2.20. The van der Waals surface area contributed by atoms with Crippen molar-refractivity contribution in [2.24, 2.45) is 0 Å². The minimum atomic E-state index is -0.427. The highest BCUT2D eigenvalue weighted by atomic mass is 16.6. The maximum absolute atomic E-state index is 12.2. The SMILES string of the molecule is O=C(OCc1cc(-c2ccccc2)no1)c1ccc(OC[C@@H]2CCCO2)cc1. The molecule has 1 aliphatic heterocycles. The largest absolute Gasteiger partial charge is 0.491 e. The lowest BCUT2D eigenvalue weighted by Crippen LogP contribution is -2.16. The number of nitrogens with zero attached hydrogens (tertiary/aromatic N) is 1. The van der Waals surface area contributed by atoms with Crippen LogP contribution < -0.4 is 4.74 Å². The zero-order valence-corrected chi connectivity index (χ0v) is 15.4. The van der Waals surface area contributed by atoms with Crippen LogP contribution in [0, 0.1) is 0 Å². The fourth-order valence-corrected chi connectivity index (χ4v) is 3.00. The Labute approximate surface area is 163 Å². The number of carbonyl (C=O) groups excluding carboxylic acids is 1. The van der Waals surface area contributed by atoms with Gasteiger partial charge in [-0.2, -0.15) is 0 Å². The predicted molar refractivity (Wildman–Crippen MR) is 102 cm³/mol. The maximum atomic E-state index is 12.2. The lowest BCUT2D eigenvalue weighted by molar-refractivity contribution is 0.0437. The number of aromatic nitrogens is 1. The molecule has 144 valence electrons. The summed E-state index contributed by atoms with van der Waals surface area (Å²) < 4.78 is 21.8. The molecule has 1 aliphatic rings. The molecule has 6 nitrogen and oxygen atoms in total. The number of ether oxygens (including phenoxy) is 3. The third-order valence-electron chi connectivity index (χ3n) is 4.52. The van der Waals surface area contributed by atoms with Crippen molar-refractivity contribution in [2.45, 2.75) is 25.6 Å². The summed E-state index contributed by atoms with van der Waals surface area (Å²) in [6.45, 7) is 1.35. The summed E-state index contributed by atoms with van der Waals surface area (Å²) in [5.74, 6) is 0.766.